The quantitative estimate of drug-likeness (QED) is 0.682. The van der Waals surface area contributed by atoms with E-state index in [-0.39, 0.29) is 0 Å². The van der Waals surface area contributed by atoms with E-state index in [9.17, 15) is 0 Å². The molecule has 3 rings (SSSR count). The molecule has 0 fully saturated rings. The van der Waals surface area contributed by atoms with Gasteiger partial charge in [0, 0.05) is 29.4 Å². The molecule has 1 aliphatic rings. The Hall–Kier alpha value is -2.43. The van der Waals surface area contributed by atoms with E-state index in [1.807, 2.05) is 19.2 Å². The summed E-state index contributed by atoms with van der Waals surface area (Å²) < 4.78 is 1.07. The summed E-state index contributed by atoms with van der Waals surface area (Å²) in [5.74, 6) is 0. The van der Waals surface area contributed by atoms with E-state index in [0.717, 1.165) is 28.5 Å². The summed E-state index contributed by atoms with van der Waals surface area (Å²) in [5.41, 5.74) is 12.4. The van der Waals surface area contributed by atoms with Crippen LogP contribution < -0.4 is 10.7 Å². The highest BCUT2D eigenvalue weighted by Gasteiger charge is 2.12. The van der Waals surface area contributed by atoms with Gasteiger partial charge >= 0.3 is 0 Å². The Labute approximate surface area is 157 Å². The zero-order valence-electron chi connectivity index (χ0n) is 14.3. The Balaban J connectivity index is 0.00000109. The fourth-order valence-corrected chi connectivity index (χ4v) is 2.83. The first-order chi connectivity index (χ1) is 12.2. The molecule has 1 aliphatic carbocycles. The second-order valence-corrected chi connectivity index (χ2v) is 6.25. The number of halogens is 1. The molecule has 0 spiro atoms. The van der Waals surface area contributed by atoms with Crippen molar-refractivity contribution < 1.29 is 10.1 Å². The number of allylic oxidation sites excluding steroid dienone is 5. The highest BCUT2D eigenvalue weighted by atomic mass is 79.9. The van der Waals surface area contributed by atoms with Crippen LogP contribution in [0, 0.1) is 0 Å². The lowest BCUT2D eigenvalue weighted by Gasteiger charge is -2.13. The predicted molar refractivity (Wildman–Crippen MR) is 109 cm³/mol. The molecule has 25 heavy (non-hydrogen) atoms. The number of aliphatic hydroxyl groups excluding tert-OH is 1. The maximum atomic E-state index is 7.00. The van der Waals surface area contributed by atoms with Crippen molar-refractivity contribution >= 4 is 32.9 Å². The molecular formula is C21H22BrN2O+. The van der Waals surface area contributed by atoms with Crippen LogP contribution in [0.4, 0.5) is 5.69 Å². The molecule has 0 amide bonds. The summed E-state index contributed by atoms with van der Waals surface area (Å²) in [6, 6.07) is 16.4. The Bertz CT molecular complexity index is 764. The van der Waals surface area contributed by atoms with Crippen LogP contribution in [0.15, 0.2) is 82.9 Å². The first-order valence-corrected chi connectivity index (χ1v) is 8.68. The molecule has 2 aromatic rings. The molecule has 3 nitrogen and oxygen atoms in total. The van der Waals surface area contributed by atoms with Gasteiger partial charge in [0.2, 0.25) is 0 Å². The first kappa shape index (κ1) is 18.9. The van der Waals surface area contributed by atoms with Gasteiger partial charge in [-0.2, -0.15) is 0 Å². The number of hydrogen-bond donors (Lipinski definition) is 3. The average molecular weight is 398 g/mol. The molecule has 0 atom stereocenters. The minimum Gasteiger partial charge on any atom is -0.400 e. The summed E-state index contributed by atoms with van der Waals surface area (Å²) in [5, 5.41) is 7.00. The van der Waals surface area contributed by atoms with Crippen LogP contribution in [-0.4, -0.2) is 25.0 Å². The lowest BCUT2D eigenvalue weighted by molar-refractivity contribution is -0.417. The monoisotopic (exact) mass is 397 g/mol. The maximum absolute atomic E-state index is 7.00. The predicted octanol–water partition coefficient (Wildman–Crippen LogP) is 2.72. The molecular weight excluding hydrogens is 376 g/mol. The van der Waals surface area contributed by atoms with Crippen LogP contribution in [0.2, 0.25) is 0 Å². The SMILES string of the molecule is CO.C[NH+]=C1C=CC(=C(c2ccc(N)cc2)c2ccc(Br)cc2)C=C1. The van der Waals surface area contributed by atoms with E-state index in [1.54, 1.807) is 0 Å². The number of aliphatic hydroxyl groups is 1. The van der Waals surface area contributed by atoms with Crippen LogP contribution in [0.3, 0.4) is 0 Å². The highest BCUT2D eigenvalue weighted by Crippen LogP contribution is 2.30. The molecule has 128 valence electrons. The van der Waals surface area contributed by atoms with Crippen molar-refractivity contribution in [1.82, 2.24) is 0 Å². The zero-order chi connectivity index (χ0) is 18.2. The van der Waals surface area contributed by atoms with Crippen molar-refractivity contribution in [1.29, 1.82) is 0 Å². The summed E-state index contributed by atoms with van der Waals surface area (Å²) >= 11 is 3.50. The Morgan fingerprint density at radius 2 is 1.32 bits per heavy atom. The molecule has 0 aliphatic heterocycles. The summed E-state index contributed by atoms with van der Waals surface area (Å²) in [6.45, 7) is 0. The molecule has 0 heterocycles. The van der Waals surface area contributed by atoms with Crippen molar-refractivity contribution in [2.75, 3.05) is 19.9 Å². The first-order valence-electron chi connectivity index (χ1n) is 7.89. The van der Waals surface area contributed by atoms with Gasteiger partial charge in [-0.3, -0.25) is 0 Å². The summed E-state index contributed by atoms with van der Waals surface area (Å²) in [4.78, 5) is 3.16. The van der Waals surface area contributed by atoms with E-state index in [1.165, 1.54) is 16.7 Å². The number of nitrogen functional groups attached to an aromatic ring is 1. The van der Waals surface area contributed by atoms with Crippen LogP contribution in [0.5, 0.6) is 0 Å². The molecule has 2 aromatic carbocycles. The van der Waals surface area contributed by atoms with E-state index >= 15 is 0 Å². The molecule has 4 N–H and O–H groups in total. The number of nitrogens with two attached hydrogens (primary N) is 1. The molecule has 0 saturated carbocycles. The Morgan fingerprint density at radius 3 is 1.80 bits per heavy atom. The van der Waals surface area contributed by atoms with E-state index in [0.29, 0.717) is 0 Å². The normalized spacial score (nSPS) is 12.5. The number of anilines is 1. The maximum Gasteiger partial charge on any atom is 0.198 e. The third-order valence-corrected chi connectivity index (χ3v) is 4.32. The van der Waals surface area contributed by atoms with Gasteiger partial charge in [-0.05, 0) is 58.7 Å². The van der Waals surface area contributed by atoms with Crippen LogP contribution >= 0.6 is 15.9 Å². The second kappa shape index (κ2) is 9.16. The number of benzene rings is 2. The molecule has 0 saturated heterocycles. The molecule has 4 heteroatoms. The highest BCUT2D eigenvalue weighted by molar-refractivity contribution is 9.10. The molecule has 0 bridgehead atoms. The van der Waals surface area contributed by atoms with Gasteiger partial charge in [0.15, 0.2) is 5.71 Å². The largest absolute Gasteiger partial charge is 0.400 e. The molecule has 0 radical (unpaired) electrons. The third-order valence-electron chi connectivity index (χ3n) is 3.79. The van der Waals surface area contributed by atoms with Crippen molar-refractivity contribution in [3.8, 4) is 0 Å². The fraction of sp³-hybridized carbons (Fsp3) is 0.0952. The fourth-order valence-electron chi connectivity index (χ4n) is 2.57. The van der Waals surface area contributed by atoms with Gasteiger partial charge in [0.1, 0.15) is 7.05 Å². The minimum absolute atomic E-state index is 0.773. The third kappa shape index (κ3) is 4.78. The van der Waals surface area contributed by atoms with Gasteiger partial charge in [0.05, 0.1) is 0 Å². The van der Waals surface area contributed by atoms with Crippen LogP contribution in [0.1, 0.15) is 11.1 Å². The number of hydrogen-bond acceptors (Lipinski definition) is 2. The van der Waals surface area contributed by atoms with E-state index in [2.05, 4.69) is 81.6 Å². The average Bonchev–Trinajstić information content (AvgIpc) is 2.67. The minimum atomic E-state index is 0.773. The molecule has 0 unspecified atom stereocenters. The van der Waals surface area contributed by atoms with Gasteiger partial charge in [0.25, 0.3) is 0 Å². The second-order valence-electron chi connectivity index (χ2n) is 5.33. The van der Waals surface area contributed by atoms with Gasteiger partial charge in [-0.15, -0.1) is 0 Å². The van der Waals surface area contributed by atoms with Crippen molar-refractivity contribution in [2.45, 2.75) is 0 Å². The lowest BCUT2D eigenvalue weighted by Crippen LogP contribution is -2.67. The Kier molecular flexibility index (Phi) is 6.92. The summed E-state index contributed by atoms with van der Waals surface area (Å²) in [6.07, 6.45) is 8.45. The topological polar surface area (TPSA) is 60.2 Å². The standard InChI is InChI=1S/C20H17BrN2.CH4O/c1-23-19-12-6-16(7-13-19)20(14-2-8-17(21)9-3-14)15-4-10-18(22)11-5-15;1-2/h2-13H,22H2,1H3;2H,1H3/p+1. The van der Waals surface area contributed by atoms with Crippen molar-refractivity contribution in [3.05, 3.63) is 94.0 Å². The molecule has 0 aromatic heterocycles. The van der Waals surface area contributed by atoms with Crippen molar-refractivity contribution in [2.24, 2.45) is 0 Å². The van der Waals surface area contributed by atoms with Gasteiger partial charge in [-0.25, -0.2) is 4.99 Å². The van der Waals surface area contributed by atoms with Gasteiger partial charge < -0.3 is 10.8 Å². The number of nitrogens with one attached hydrogen (secondary N) is 1. The smallest absolute Gasteiger partial charge is 0.198 e. The van der Waals surface area contributed by atoms with Crippen molar-refractivity contribution in [3.63, 3.8) is 0 Å². The van der Waals surface area contributed by atoms with E-state index < -0.39 is 0 Å². The summed E-state index contributed by atoms with van der Waals surface area (Å²) in [7, 11) is 2.92. The zero-order valence-corrected chi connectivity index (χ0v) is 15.9. The van der Waals surface area contributed by atoms with Crippen LogP contribution in [-0.2, 0) is 0 Å². The Morgan fingerprint density at radius 1 is 0.840 bits per heavy atom. The lowest BCUT2D eigenvalue weighted by atomic mass is 9.91. The van der Waals surface area contributed by atoms with Gasteiger partial charge in [-0.1, -0.05) is 40.2 Å². The van der Waals surface area contributed by atoms with E-state index in [4.69, 9.17) is 10.8 Å². The number of rotatable bonds is 2. The van der Waals surface area contributed by atoms with Crippen LogP contribution in [0.25, 0.3) is 5.57 Å².